The van der Waals surface area contributed by atoms with E-state index in [4.69, 9.17) is 0 Å². The fourth-order valence-corrected chi connectivity index (χ4v) is 4.75. The Balaban J connectivity index is 1.50. The predicted octanol–water partition coefficient (Wildman–Crippen LogP) is 3.66. The molecule has 2 bridgehead atoms. The van der Waals surface area contributed by atoms with Gasteiger partial charge in [0, 0.05) is 25.0 Å². The number of piperidine rings is 1. The molecule has 2 atom stereocenters. The maximum atomic E-state index is 11.3. The lowest BCUT2D eigenvalue weighted by Gasteiger charge is -2.44. The second kappa shape index (κ2) is 6.63. The van der Waals surface area contributed by atoms with Gasteiger partial charge in [-0.15, -0.1) is 0 Å². The average Bonchev–Trinajstić information content (AvgIpc) is 2.87. The van der Waals surface area contributed by atoms with E-state index in [-0.39, 0.29) is 0 Å². The maximum absolute atomic E-state index is 11.3. The molecule has 0 amide bonds. The smallest absolute Gasteiger partial charge is 0.0994 e. The van der Waals surface area contributed by atoms with Crippen molar-refractivity contribution in [3.05, 3.63) is 71.3 Å². The molecule has 0 radical (unpaired) electrons. The number of aliphatic hydroxyl groups is 1. The van der Waals surface area contributed by atoms with Crippen LogP contribution in [0.2, 0.25) is 0 Å². The summed E-state index contributed by atoms with van der Waals surface area (Å²) in [4.78, 5) is 2.58. The third kappa shape index (κ3) is 3.33. The molecule has 2 heterocycles. The van der Waals surface area contributed by atoms with Crippen molar-refractivity contribution in [2.45, 2.75) is 56.3 Å². The van der Waals surface area contributed by atoms with E-state index in [1.807, 2.05) is 24.3 Å². The van der Waals surface area contributed by atoms with Gasteiger partial charge >= 0.3 is 0 Å². The van der Waals surface area contributed by atoms with Crippen molar-refractivity contribution < 1.29 is 5.11 Å². The number of fused-ring (bicyclic) bond motifs is 2. The largest absolute Gasteiger partial charge is 0.389 e. The molecule has 2 fully saturated rings. The van der Waals surface area contributed by atoms with Crippen molar-refractivity contribution in [3.8, 4) is 6.07 Å². The summed E-state index contributed by atoms with van der Waals surface area (Å²) in [5.74, 6) is 0. The average molecular weight is 332 g/mol. The van der Waals surface area contributed by atoms with Gasteiger partial charge in [0.2, 0.25) is 0 Å². The van der Waals surface area contributed by atoms with Crippen molar-refractivity contribution in [1.82, 2.24) is 4.90 Å². The van der Waals surface area contributed by atoms with Gasteiger partial charge in [-0.1, -0.05) is 48.5 Å². The van der Waals surface area contributed by atoms with Crippen molar-refractivity contribution in [2.75, 3.05) is 0 Å². The fourth-order valence-electron chi connectivity index (χ4n) is 4.75. The lowest BCUT2D eigenvalue weighted by Crippen LogP contribution is -2.51. The Hall–Kier alpha value is -2.15. The minimum Gasteiger partial charge on any atom is -0.389 e. The second-order valence-corrected chi connectivity index (χ2v) is 7.62. The third-order valence-electron chi connectivity index (χ3n) is 5.87. The molecule has 0 spiro atoms. The summed E-state index contributed by atoms with van der Waals surface area (Å²) >= 11 is 0. The van der Waals surface area contributed by atoms with E-state index < -0.39 is 5.60 Å². The topological polar surface area (TPSA) is 47.3 Å². The van der Waals surface area contributed by atoms with Gasteiger partial charge in [-0.25, -0.2) is 0 Å². The normalized spacial score (nSPS) is 28.6. The molecular weight excluding hydrogens is 308 g/mol. The van der Waals surface area contributed by atoms with Gasteiger partial charge in [-0.3, -0.25) is 4.90 Å². The molecule has 128 valence electrons. The van der Waals surface area contributed by atoms with E-state index >= 15 is 0 Å². The monoisotopic (exact) mass is 332 g/mol. The summed E-state index contributed by atoms with van der Waals surface area (Å²) in [6.07, 6.45) is 4.52. The molecule has 2 saturated heterocycles. The van der Waals surface area contributed by atoms with Gasteiger partial charge in [0.1, 0.15) is 0 Å². The maximum Gasteiger partial charge on any atom is 0.0994 e. The van der Waals surface area contributed by atoms with Gasteiger partial charge in [0.25, 0.3) is 0 Å². The van der Waals surface area contributed by atoms with E-state index in [1.54, 1.807) is 0 Å². The van der Waals surface area contributed by atoms with Gasteiger partial charge in [0.15, 0.2) is 0 Å². The molecule has 25 heavy (non-hydrogen) atoms. The van der Waals surface area contributed by atoms with Gasteiger partial charge < -0.3 is 5.11 Å². The van der Waals surface area contributed by atoms with Crippen LogP contribution in [0.15, 0.2) is 54.6 Å². The van der Waals surface area contributed by atoms with Crippen molar-refractivity contribution >= 4 is 0 Å². The Morgan fingerprint density at radius 3 is 2.32 bits per heavy atom. The van der Waals surface area contributed by atoms with Crippen LogP contribution in [-0.2, 0) is 13.0 Å². The molecule has 4 rings (SSSR count). The van der Waals surface area contributed by atoms with E-state index in [9.17, 15) is 10.4 Å². The predicted molar refractivity (Wildman–Crippen MR) is 97.8 cm³/mol. The standard InChI is InChI=1S/C22H24N2O/c23-15-19-9-5-4-8-18(19)12-22(25)13-20-10-11-21(14-22)24(20)16-17-6-2-1-3-7-17/h1-9,20-21,25H,10-14,16H2. The number of benzene rings is 2. The highest BCUT2D eigenvalue weighted by Crippen LogP contribution is 2.43. The summed E-state index contributed by atoms with van der Waals surface area (Å²) in [7, 11) is 0. The zero-order chi connectivity index (χ0) is 17.3. The molecule has 2 aliphatic heterocycles. The molecule has 2 unspecified atom stereocenters. The van der Waals surface area contributed by atoms with Crippen LogP contribution in [-0.4, -0.2) is 27.7 Å². The molecule has 3 heteroatoms. The van der Waals surface area contributed by atoms with Crippen LogP contribution >= 0.6 is 0 Å². The number of nitrogens with zero attached hydrogens (tertiary/aromatic N) is 2. The molecule has 0 saturated carbocycles. The number of hydrogen-bond acceptors (Lipinski definition) is 3. The van der Waals surface area contributed by atoms with E-state index in [0.717, 1.165) is 24.9 Å². The van der Waals surface area contributed by atoms with Crippen molar-refractivity contribution in [2.24, 2.45) is 0 Å². The van der Waals surface area contributed by atoms with Crippen LogP contribution in [0, 0.1) is 11.3 Å². The van der Waals surface area contributed by atoms with E-state index in [1.165, 1.54) is 18.4 Å². The highest BCUT2D eigenvalue weighted by molar-refractivity contribution is 5.38. The van der Waals surface area contributed by atoms with Crippen LogP contribution in [0.1, 0.15) is 42.4 Å². The number of hydrogen-bond donors (Lipinski definition) is 1. The summed E-state index contributed by atoms with van der Waals surface area (Å²) in [5.41, 5.74) is 2.32. The first-order valence-corrected chi connectivity index (χ1v) is 9.17. The van der Waals surface area contributed by atoms with Gasteiger partial charge in [-0.2, -0.15) is 5.26 Å². The summed E-state index contributed by atoms with van der Waals surface area (Å²) < 4.78 is 0. The lowest BCUT2D eigenvalue weighted by molar-refractivity contribution is -0.0540. The van der Waals surface area contributed by atoms with E-state index in [0.29, 0.717) is 24.1 Å². The van der Waals surface area contributed by atoms with Gasteiger partial charge in [-0.05, 0) is 42.9 Å². The SMILES string of the molecule is N#Cc1ccccc1CC1(O)CC2CCC(C1)N2Cc1ccccc1. The van der Waals surface area contributed by atoms with Crippen molar-refractivity contribution in [1.29, 1.82) is 5.26 Å². The molecule has 2 aliphatic rings. The summed E-state index contributed by atoms with van der Waals surface area (Å²) in [6.45, 7) is 0.973. The molecular formula is C22H24N2O. The molecule has 0 aliphatic carbocycles. The molecule has 0 aromatic heterocycles. The minimum absolute atomic E-state index is 0.443. The van der Waals surface area contributed by atoms with Gasteiger partial charge in [0.05, 0.1) is 17.2 Å². The Labute approximate surface area is 149 Å². The fraction of sp³-hybridized carbons (Fsp3) is 0.409. The van der Waals surface area contributed by atoms with Crippen LogP contribution in [0.25, 0.3) is 0 Å². The molecule has 2 aromatic rings. The third-order valence-corrected chi connectivity index (χ3v) is 5.87. The van der Waals surface area contributed by atoms with Crippen molar-refractivity contribution in [3.63, 3.8) is 0 Å². The Morgan fingerprint density at radius 2 is 1.64 bits per heavy atom. The van der Waals surface area contributed by atoms with Crippen LogP contribution in [0.4, 0.5) is 0 Å². The summed E-state index contributed by atoms with van der Waals surface area (Å²) in [6, 6.07) is 21.4. The first-order chi connectivity index (χ1) is 12.2. The number of nitriles is 1. The number of rotatable bonds is 4. The Bertz CT molecular complexity index is 766. The molecule has 2 aromatic carbocycles. The first-order valence-electron chi connectivity index (χ1n) is 9.17. The van der Waals surface area contributed by atoms with Crippen LogP contribution < -0.4 is 0 Å². The zero-order valence-electron chi connectivity index (χ0n) is 14.4. The highest BCUT2D eigenvalue weighted by atomic mass is 16.3. The Morgan fingerprint density at radius 1 is 1.00 bits per heavy atom. The summed E-state index contributed by atoms with van der Waals surface area (Å²) in [5, 5.41) is 20.6. The molecule has 1 N–H and O–H groups in total. The quantitative estimate of drug-likeness (QED) is 0.929. The Kier molecular flexibility index (Phi) is 4.33. The molecule has 3 nitrogen and oxygen atoms in total. The second-order valence-electron chi connectivity index (χ2n) is 7.62. The minimum atomic E-state index is -0.689. The highest BCUT2D eigenvalue weighted by Gasteiger charge is 2.47. The lowest BCUT2D eigenvalue weighted by atomic mass is 9.80. The van der Waals surface area contributed by atoms with Crippen LogP contribution in [0.5, 0.6) is 0 Å². The van der Waals surface area contributed by atoms with E-state index in [2.05, 4.69) is 41.3 Å². The van der Waals surface area contributed by atoms with Crippen LogP contribution in [0.3, 0.4) is 0 Å². The first kappa shape index (κ1) is 16.3. The zero-order valence-corrected chi connectivity index (χ0v) is 14.4.